The van der Waals surface area contributed by atoms with Gasteiger partial charge in [0.15, 0.2) is 11.2 Å². The number of anilines is 6. The van der Waals surface area contributed by atoms with Gasteiger partial charge in [-0.2, -0.15) is 0 Å². The van der Waals surface area contributed by atoms with Crippen molar-refractivity contribution in [3.8, 4) is 44.5 Å². The van der Waals surface area contributed by atoms with Gasteiger partial charge in [-0.15, -0.1) is 0 Å². The second-order valence-electron chi connectivity index (χ2n) is 25.1. The number of rotatable bonds is 8. The molecule has 94 heavy (non-hydrogen) atoms. The lowest BCUT2D eigenvalue weighted by molar-refractivity contribution is 0.623. The third kappa shape index (κ3) is 7.03. The van der Waals surface area contributed by atoms with Crippen molar-refractivity contribution < 1.29 is 17.6 Å². The lowest BCUT2D eigenvalue weighted by atomic mass is 9.66. The van der Waals surface area contributed by atoms with Crippen LogP contribution >= 0.6 is 0 Å². The highest BCUT2D eigenvalue weighted by molar-refractivity contribution is 6.21. The van der Waals surface area contributed by atoms with Crippen LogP contribution in [0.3, 0.4) is 0 Å². The van der Waals surface area contributed by atoms with Crippen LogP contribution in [-0.2, 0) is 10.8 Å². The second-order valence-corrected chi connectivity index (χ2v) is 25.1. The van der Waals surface area contributed by atoms with Gasteiger partial charge in [-0.3, -0.25) is 0 Å². The van der Waals surface area contributed by atoms with Crippen molar-refractivity contribution in [2.75, 3.05) is 9.80 Å². The van der Waals surface area contributed by atoms with Crippen molar-refractivity contribution in [1.82, 2.24) is 0 Å². The van der Waals surface area contributed by atoms with Crippen LogP contribution in [0.4, 0.5) is 42.9 Å². The summed E-state index contributed by atoms with van der Waals surface area (Å²) in [5.74, 6) is -0.660. The van der Waals surface area contributed by atoms with E-state index in [0.717, 1.165) is 178 Å². The normalized spacial score (nSPS) is 16.0. The van der Waals surface area contributed by atoms with Crippen LogP contribution in [0.25, 0.3) is 99.5 Å². The molecule has 4 aliphatic rings. The van der Waals surface area contributed by atoms with Crippen molar-refractivity contribution >= 4 is 89.1 Å². The molecule has 0 N–H and O–H groups in total. The van der Waals surface area contributed by atoms with Gasteiger partial charge >= 0.3 is 0 Å². The molecular formula is C88H52F2N2O2. The number of benzene rings is 14. The van der Waals surface area contributed by atoms with Gasteiger partial charge in [0.05, 0.1) is 33.6 Å². The van der Waals surface area contributed by atoms with Crippen molar-refractivity contribution in [2.45, 2.75) is 10.8 Å². The van der Waals surface area contributed by atoms with Crippen LogP contribution in [0.5, 0.6) is 0 Å². The Morgan fingerprint density at radius 2 is 0.596 bits per heavy atom. The molecule has 0 saturated carbocycles. The third-order valence-electron chi connectivity index (χ3n) is 20.6. The molecule has 440 valence electrons. The smallest absolute Gasteiger partial charge is 0.159 e. The molecule has 0 amide bonds. The zero-order chi connectivity index (χ0) is 62.0. The van der Waals surface area contributed by atoms with Gasteiger partial charge < -0.3 is 18.6 Å². The summed E-state index contributed by atoms with van der Waals surface area (Å²) in [7, 11) is 0. The molecule has 2 atom stereocenters. The Hall–Kier alpha value is -12.1. The Bertz CT molecular complexity index is 5580. The zero-order valence-electron chi connectivity index (χ0n) is 50.5. The zero-order valence-corrected chi connectivity index (χ0v) is 50.5. The fourth-order valence-electron chi connectivity index (χ4n) is 17.0. The molecular weight excluding hydrogens is 1150 g/mol. The monoisotopic (exact) mass is 1210 g/mol. The van der Waals surface area contributed by atoms with E-state index in [1.54, 1.807) is 24.3 Å². The van der Waals surface area contributed by atoms with E-state index in [-0.39, 0.29) is 11.6 Å². The molecule has 2 spiro atoms. The average Bonchev–Trinajstić information content (AvgIpc) is 1.46. The first-order valence-electron chi connectivity index (χ1n) is 32.0. The van der Waals surface area contributed by atoms with E-state index in [2.05, 4.69) is 265 Å². The number of nitrogens with zero attached hydrogens (tertiary/aromatic N) is 2. The summed E-state index contributed by atoms with van der Waals surface area (Å²) >= 11 is 0. The highest BCUT2D eigenvalue weighted by Crippen LogP contribution is 2.75. The quantitative estimate of drug-likeness (QED) is 0.152. The first-order valence-corrected chi connectivity index (χ1v) is 32.0. The summed E-state index contributed by atoms with van der Waals surface area (Å²) in [4.78, 5) is 4.72. The van der Waals surface area contributed by atoms with E-state index in [9.17, 15) is 0 Å². The number of allylic oxidation sites excluding steroid dienone is 2. The first-order chi connectivity index (χ1) is 46.5. The summed E-state index contributed by atoms with van der Waals surface area (Å²) in [6.45, 7) is 0. The van der Waals surface area contributed by atoms with E-state index in [4.69, 9.17) is 8.83 Å². The molecule has 16 aromatic rings. The number of furan rings is 2. The van der Waals surface area contributed by atoms with Crippen LogP contribution in [0, 0.1) is 11.6 Å². The van der Waals surface area contributed by atoms with Gasteiger partial charge in [0.1, 0.15) is 22.8 Å². The molecule has 6 heteroatoms. The van der Waals surface area contributed by atoms with Gasteiger partial charge in [-0.05, 0) is 174 Å². The number of fused-ring (bicyclic) bond motifs is 24. The van der Waals surface area contributed by atoms with E-state index in [1.807, 2.05) is 36.4 Å². The van der Waals surface area contributed by atoms with Crippen LogP contribution in [-0.4, -0.2) is 0 Å². The van der Waals surface area contributed by atoms with E-state index in [1.165, 1.54) is 0 Å². The van der Waals surface area contributed by atoms with Crippen molar-refractivity contribution in [2.24, 2.45) is 0 Å². The molecule has 0 fully saturated rings. The lowest BCUT2D eigenvalue weighted by Gasteiger charge is -2.36. The minimum absolute atomic E-state index is 0.330. The molecule has 0 radical (unpaired) electrons. The predicted molar refractivity (Wildman–Crippen MR) is 378 cm³/mol. The van der Waals surface area contributed by atoms with Gasteiger partial charge in [0.25, 0.3) is 0 Å². The standard InChI is InChI=1S/C88H52F2N2O2/c89-55-41-45-63-61-27-7-13-33-71(61)87(75(63)49-55)73-47-43-57(91(77-35-15-9-25-59(77)53-21-3-1-4-22-53)79-37-19-31-67-65-29-11-17-39-81(65)93-85(67)79)51-69(73)83-84(87)70-52-58(44-48-74(70)88(83)72-34-14-8-28-62(72)64-46-42-56(90)50-76(64)88)92(78-36-16-10-26-60(78)54-23-5-2-6-24-54)80-38-20-32-68-66-30-12-18-40-82(66)94-86(68)80/h1-52H. The van der Waals surface area contributed by atoms with Crippen LogP contribution in [0.2, 0.25) is 0 Å². The molecule has 14 aromatic carbocycles. The predicted octanol–water partition coefficient (Wildman–Crippen LogP) is 23.6. The van der Waals surface area contributed by atoms with Crippen LogP contribution < -0.4 is 9.80 Å². The van der Waals surface area contributed by atoms with Crippen LogP contribution in [0.1, 0.15) is 44.5 Å². The molecule has 2 unspecified atom stereocenters. The number of halogens is 2. The Balaban J connectivity index is 0.942. The number of hydrogen-bond donors (Lipinski definition) is 0. The third-order valence-corrected chi connectivity index (χ3v) is 20.6. The Labute approximate surface area is 540 Å². The van der Waals surface area contributed by atoms with Crippen molar-refractivity contribution in [3.05, 3.63) is 372 Å². The molecule has 4 aliphatic carbocycles. The topological polar surface area (TPSA) is 32.8 Å². The number of hydrogen-bond acceptors (Lipinski definition) is 4. The first kappa shape index (κ1) is 52.6. The average molecular weight is 1210 g/mol. The highest BCUT2D eigenvalue weighted by atomic mass is 19.1. The summed E-state index contributed by atoms with van der Waals surface area (Å²) in [5.41, 5.74) is 24.2. The summed E-state index contributed by atoms with van der Waals surface area (Å²) < 4.78 is 48.3. The van der Waals surface area contributed by atoms with E-state index >= 15 is 8.78 Å². The molecule has 0 bridgehead atoms. The van der Waals surface area contributed by atoms with Gasteiger partial charge in [0.2, 0.25) is 0 Å². The lowest BCUT2D eigenvalue weighted by Crippen LogP contribution is -2.29. The Morgan fingerprint density at radius 3 is 1.05 bits per heavy atom. The molecule has 0 aliphatic heterocycles. The summed E-state index contributed by atoms with van der Waals surface area (Å²) in [6.07, 6.45) is 0. The number of para-hydroxylation sites is 6. The fraction of sp³-hybridized carbons (Fsp3) is 0.0227. The molecule has 2 heterocycles. The highest BCUT2D eigenvalue weighted by Gasteiger charge is 2.64. The largest absolute Gasteiger partial charge is 0.454 e. The molecule has 0 saturated heterocycles. The Kier molecular flexibility index (Phi) is 11.0. The maximum atomic E-state index is 17.1. The summed E-state index contributed by atoms with van der Waals surface area (Å²) in [5, 5.41) is 4.06. The Morgan fingerprint density at radius 1 is 0.245 bits per heavy atom. The minimum atomic E-state index is -1.11. The van der Waals surface area contributed by atoms with Gasteiger partial charge in [-0.25, -0.2) is 8.78 Å². The second kappa shape index (κ2) is 19.7. The maximum Gasteiger partial charge on any atom is 0.159 e. The maximum absolute atomic E-state index is 17.1. The van der Waals surface area contributed by atoms with Crippen molar-refractivity contribution in [3.63, 3.8) is 0 Å². The minimum Gasteiger partial charge on any atom is -0.454 e. The SMILES string of the molecule is Fc1ccc2c(c1)C1(C3=C(c4cc(N(c5ccccc5-c5ccccc5)c5cccc6c5oc5ccccc56)ccc41)C1(c4ccc(N(c5ccccc5-c5ccccc5)c5cccc6c5oc5ccccc56)cc43)c3ccccc3-c3ccc(F)cc31)c1ccccc1-2. The van der Waals surface area contributed by atoms with Gasteiger partial charge in [0, 0.05) is 44.0 Å². The van der Waals surface area contributed by atoms with E-state index in [0.29, 0.717) is 0 Å². The molecule has 4 nitrogen and oxygen atoms in total. The van der Waals surface area contributed by atoms with Crippen LogP contribution in [0.15, 0.2) is 324 Å². The molecule has 2 aromatic heterocycles. The van der Waals surface area contributed by atoms with E-state index < -0.39 is 10.8 Å². The van der Waals surface area contributed by atoms with Crippen molar-refractivity contribution in [1.29, 1.82) is 0 Å². The summed E-state index contributed by atoms with van der Waals surface area (Å²) in [6, 6.07) is 110. The van der Waals surface area contributed by atoms with Gasteiger partial charge in [-0.1, -0.05) is 231 Å². The molecule has 20 rings (SSSR count). The fourth-order valence-corrected chi connectivity index (χ4v) is 17.0.